The first-order chi connectivity index (χ1) is 12.2. The molecule has 25 heavy (non-hydrogen) atoms. The largest absolute Gasteiger partial charge is 0.424 e. The fourth-order valence-corrected chi connectivity index (χ4v) is 2.69. The van der Waals surface area contributed by atoms with Crippen molar-refractivity contribution in [2.75, 3.05) is 0 Å². The molecule has 0 bridgehead atoms. The Balaban J connectivity index is 1.43. The molecular formula is C19H14N2O4. The average Bonchev–Trinajstić information content (AvgIpc) is 3.20. The minimum atomic E-state index is -0.672. The Bertz CT molecular complexity index is 991. The van der Waals surface area contributed by atoms with Gasteiger partial charge in [-0.15, -0.1) is 0 Å². The molecule has 2 heterocycles. The number of nitrogens with one attached hydrogen (secondary N) is 2. The summed E-state index contributed by atoms with van der Waals surface area (Å²) in [5.74, 6) is -0.565. The van der Waals surface area contributed by atoms with Crippen molar-refractivity contribution in [1.29, 1.82) is 0 Å². The van der Waals surface area contributed by atoms with Crippen LogP contribution in [0.4, 0.5) is 0 Å². The van der Waals surface area contributed by atoms with E-state index in [0.717, 1.165) is 21.8 Å². The van der Waals surface area contributed by atoms with Gasteiger partial charge in [-0.05, 0) is 24.3 Å². The van der Waals surface area contributed by atoms with E-state index in [9.17, 15) is 9.59 Å². The molecule has 6 nitrogen and oxygen atoms in total. The highest BCUT2D eigenvalue weighted by Crippen LogP contribution is 2.26. The minimum absolute atomic E-state index is 0.389. The van der Waals surface area contributed by atoms with Crippen molar-refractivity contribution in [3.8, 4) is 11.5 Å². The molecule has 0 unspecified atom stereocenters. The van der Waals surface area contributed by atoms with Crippen molar-refractivity contribution in [3.63, 3.8) is 0 Å². The van der Waals surface area contributed by atoms with Gasteiger partial charge in [-0.2, -0.15) is 0 Å². The van der Waals surface area contributed by atoms with Gasteiger partial charge in [-0.3, -0.25) is 9.59 Å². The number of carbonyl (C=O) groups excluding carboxylic acids is 2. The van der Waals surface area contributed by atoms with E-state index in [4.69, 9.17) is 9.47 Å². The maximum atomic E-state index is 12.0. The number of hydrogen-bond donors (Lipinski definition) is 2. The molecule has 6 heteroatoms. The Hall–Kier alpha value is -3.54. The van der Waals surface area contributed by atoms with Crippen molar-refractivity contribution >= 4 is 33.7 Å². The fraction of sp³-hybridized carbons (Fsp3) is 0.0526. The van der Waals surface area contributed by atoms with E-state index in [1.165, 1.54) is 0 Å². The number of hydrogen-bond acceptors (Lipinski definition) is 4. The summed E-state index contributed by atoms with van der Waals surface area (Å²) in [5, 5.41) is 1.56. The van der Waals surface area contributed by atoms with Gasteiger partial charge >= 0.3 is 11.9 Å². The first kappa shape index (κ1) is 15.0. The third-order valence-corrected chi connectivity index (χ3v) is 3.84. The van der Waals surface area contributed by atoms with Crippen molar-refractivity contribution in [1.82, 2.24) is 9.97 Å². The highest BCUT2D eigenvalue weighted by Gasteiger charge is 2.17. The van der Waals surface area contributed by atoms with Crippen LogP contribution in [-0.2, 0) is 9.59 Å². The number of carbonyl (C=O) groups is 2. The molecule has 0 amide bonds. The Morgan fingerprint density at radius 1 is 0.720 bits per heavy atom. The maximum absolute atomic E-state index is 12.0. The fourth-order valence-electron chi connectivity index (χ4n) is 2.69. The summed E-state index contributed by atoms with van der Waals surface area (Å²) in [6.07, 6.45) is 2.71. The summed E-state index contributed by atoms with van der Waals surface area (Å²) in [7, 11) is 0. The molecule has 2 aromatic carbocycles. The molecule has 0 saturated carbocycles. The highest BCUT2D eigenvalue weighted by atomic mass is 16.6. The van der Waals surface area contributed by atoms with Crippen LogP contribution < -0.4 is 9.47 Å². The van der Waals surface area contributed by atoms with Crippen LogP contribution in [0.25, 0.3) is 21.8 Å². The number of H-pyrrole nitrogens is 2. The molecule has 4 rings (SSSR count). The third-order valence-electron chi connectivity index (χ3n) is 3.84. The van der Waals surface area contributed by atoms with Crippen molar-refractivity contribution in [2.24, 2.45) is 0 Å². The van der Waals surface area contributed by atoms with Crippen molar-refractivity contribution < 1.29 is 19.1 Å². The molecule has 0 fully saturated rings. The molecular weight excluding hydrogens is 320 g/mol. The van der Waals surface area contributed by atoms with Crippen LogP contribution in [-0.4, -0.2) is 21.9 Å². The monoisotopic (exact) mass is 334 g/mol. The molecule has 0 aliphatic heterocycles. The number of fused-ring (bicyclic) bond motifs is 2. The second-order valence-electron chi connectivity index (χ2n) is 5.52. The first-order valence-corrected chi connectivity index (χ1v) is 7.74. The average molecular weight is 334 g/mol. The van der Waals surface area contributed by atoms with Gasteiger partial charge in [0, 0.05) is 34.2 Å². The molecule has 2 N–H and O–H groups in total. The van der Waals surface area contributed by atoms with Crippen LogP contribution in [0.15, 0.2) is 60.9 Å². The molecule has 0 aliphatic carbocycles. The van der Waals surface area contributed by atoms with Gasteiger partial charge in [0.2, 0.25) is 0 Å². The second kappa shape index (κ2) is 6.16. The van der Waals surface area contributed by atoms with E-state index in [0.29, 0.717) is 11.5 Å². The number of rotatable bonds is 4. The molecule has 0 saturated heterocycles. The lowest BCUT2D eigenvalue weighted by Gasteiger charge is -2.04. The van der Waals surface area contributed by atoms with E-state index >= 15 is 0 Å². The molecule has 0 atom stereocenters. The lowest BCUT2D eigenvalue weighted by atomic mass is 10.2. The van der Waals surface area contributed by atoms with Crippen LogP contribution in [0.2, 0.25) is 0 Å². The number of aromatic nitrogens is 2. The summed E-state index contributed by atoms with van der Waals surface area (Å²) in [6.45, 7) is 0. The molecule has 4 aromatic rings. The van der Waals surface area contributed by atoms with E-state index in [-0.39, 0.29) is 0 Å². The summed E-state index contributed by atoms with van der Waals surface area (Å²) >= 11 is 0. The van der Waals surface area contributed by atoms with Crippen molar-refractivity contribution in [3.05, 3.63) is 60.9 Å². The summed E-state index contributed by atoms with van der Waals surface area (Å²) in [5.41, 5.74) is 1.71. The van der Waals surface area contributed by atoms with E-state index in [2.05, 4.69) is 9.97 Å². The molecule has 0 radical (unpaired) electrons. The zero-order chi connectivity index (χ0) is 17.2. The Morgan fingerprint density at radius 2 is 1.16 bits per heavy atom. The van der Waals surface area contributed by atoms with Gasteiger partial charge in [-0.1, -0.05) is 24.3 Å². The number of ether oxygens (including phenoxy) is 2. The molecule has 0 aliphatic rings. The zero-order valence-corrected chi connectivity index (χ0v) is 13.1. The van der Waals surface area contributed by atoms with Gasteiger partial charge in [0.15, 0.2) is 11.5 Å². The number of benzene rings is 2. The lowest BCUT2D eigenvalue weighted by molar-refractivity contribution is -0.144. The topological polar surface area (TPSA) is 84.2 Å². The number of para-hydroxylation sites is 2. The van der Waals surface area contributed by atoms with Crippen LogP contribution >= 0.6 is 0 Å². The predicted octanol–water partition coefficient (Wildman–Crippen LogP) is 3.55. The summed E-state index contributed by atoms with van der Waals surface area (Å²) < 4.78 is 10.5. The highest BCUT2D eigenvalue weighted by molar-refractivity contribution is 5.97. The summed E-state index contributed by atoms with van der Waals surface area (Å²) in [6, 6.07) is 14.9. The van der Waals surface area contributed by atoms with Gasteiger partial charge < -0.3 is 19.4 Å². The SMILES string of the molecule is O=C(CC(=O)Oc1c[nH]c2ccccc12)Oc1c[nH]c2ccccc12. The summed E-state index contributed by atoms with van der Waals surface area (Å²) in [4.78, 5) is 30.0. The Morgan fingerprint density at radius 3 is 1.64 bits per heavy atom. The van der Waals surface area contributed by atoms with Gasteiger partial charge in [0.1, 0.15) is 6.42 Å². The van der Waals surface area contributed by atoms with Crippen molar-refractivity contribution in [2.45, 2.75) is 6.42 Å². The number of aromatic amines is 2. The third kappa shape index (κ3) is 2.97. The quantitative estimate of drug-likeness (QED) is 0.441. The Kier molecular flexibility index (Phi) is 3.70. The van der Waals surface area contributed by atoms with Crippen LogP contribution in [0.3, 0.4) is 0 Å². The molecule has 124 valence electrons. The standard InChI is InChI=1S/C19H14N2O4/c22-18(24-16-10-20-14-7-3-1-5-12(14)16)9-19(23)25-17-11-21-15-8-4-2-6-13(15)17/h1-8,10-11,20-21H,9H2. The van der Waals surface area contributed by atoms with Gasteiger partial charge in [0.25, 0.3) is 0 Å². The Labute approximate surface area is 142 Å². The molecule has 0 spiro atoms. The maximum Gasteiger partial charge on any atom is 0.322 e. The van der Waals surface area contributed by atoms with E-state index in [1.807, 2.05) is 48.5 Å². The normalized spacial score (nSPS) is 10.9. The number of esters is 2. The predicted molar refractivity (Wildman–Crippen MR) is 92.5 cm³/mol. The van der Waals surface area contributed by atoms with Gasteiger partial charge in [0.05, 0.1) is 0 Å². The minimum Gasteiger partial charge on any atom is -0.424 e. The van der Waals surface area contributed by atoms with Crippen LogP contribution in [0.1, 0.15) is 6.42 Å². The van der Waals surface area contributed by atoms with E-state index in [1.54, 1.807) is 12.4 Å². The van der Waals surface area contributed by atoms with Gasteiger partial charge in [-0.25, -0.2) is 0 Å². The first-order valence-electron chi connectivity index (χ1n) is 7.74. The second-order valence-corrected chi connectivity index (χ2v) is 5.52. The zero-order valence-electron chi connectivity index (χ0n) is 13.1. The molecule has 2 aromatic heterocycles. The van der Waals surface area contributed by atoms with Crippen LogP contribution in [0, 0.1) is 0 Å². The van der Waals surface area contributed by atoms with Crippen LogP contribution in [0.5, 0.6) is 11.5 Å². The lowest BCUT2D eigenvalue weighted by Crippen LogP contribution is -2.17. The van der Waals surface area contributed by atoms with E-state index < -0.39 is 18.4 Å². The smallest absolute Gasteiger partial charge is 0.322 e.